The maximum Gasteiger partial charge on any atom is 0.276 e. The van der Waals surface area contributed by atoms with Crippen molar-refractivity contribution in [1.29, 1.82) is 0 Å². The number of nitrogens with two attached hydrogens (primary N) is 1. The molecule has 0 saturated carbocycles. The average Bonchev–Trinajstić information content (AvgIpc) is 2.67. The van der Waals surface area contributed by atoms with E-state index >= 15 is 0 Å². The van der Waals surface area contributed by atoms with E-state index in [9.17, 15) is 13.2 Å². The third-order valence-electron chi connectivity index (χ3n) is 3.29. The van der Waals surface area contributed by atoms with Gasteiger partial charge in [0.2, 0.25) is 10.0 Å². The fraction of sp³-hybridized carbons (Fsp3) is 0.636. The van der Waals surface area contributed by atoms with Crippen LogP contribution in [0.25, 0.3) is 0 Å². The summed E-state index contributed by atoms with van der Waals surface area (Å²) in [5.74, 6) is -0.271. The number of nitrogen functional groups attached to an aromatic ring is 1. The lowest BCUT2D eigenvalue weighted by Crippen LogP contribution is -2.49. The third-order valence-corrected chi connectivity index (χ3v) is 4.05. The zero-order valence-electron chi connectivity index (χ0n) is 11.5. The first-order valence-electron chi connectivity index (χ1n) is 6.35. The van der Waals surface area contributed by atoms with Gasteiger partial charge in [-0.1, -0.05) is 0 Å². The molecule has 0 aromatic carbocycles. The van der Waals surface area contributed by atoms with Gasteiger partial charge in [-0.2, -0.15) is 5.10 Å². The van der Waals surface area contributed by atoms with E-state index in [0.29, 0.717) is 30.9 Å². The summed E-state index contributed by atoms with van der Waals surface area (Å²) in [7, 11) is -3.28. The Morgan fingerprint density at radius 2 is 2.25 bits per heavy atom. The predicted molar refractivity (Wildman–Crippen MR) is 74.6 cm³/mol. The van der Waals surface area contributed by atoms with E-state index in [2.05, 4.69) is 14.9 Å². The molecule has 20 heavy (non-hydrogen) atoms. The second-order valence-electron chi connectivity index (χ2n) is 5.09. The van der Waals surface area contributed by atoms with Crippen LogP contribution < -0.4 is 10.5 Å². The summed E-state index contributed by atoms with van der Waals surface area (Å²) in [6.45, 7) is 2.65. The van der Waals surface area contributed by atoms with E-state index in [1.165, 1.54) is 0 Å². The normalized spacial score (nSPS) is 20.1. The van der Waals surface area contributed by atoms with Gasteiger partial charge in [-0.15, -0.1) is 0 Å². The Kier molecular flexibility index (Phi) is 4.00. The van der Waals surface area contributed by atoms with E-state index in [0.717, 1.165) is 12.7 Å². The lowest BCUT2D eigenvalue weighted by Gasteiger charge is -2.32. The Morgan fingerprint density at radius 3 is 2.80 bits per heavy atom. The molecule has 0 aliphatic carbocycles. The van der Waals surface area contributed by atoms with E-state index in [-0.39, 0.29) is 17.6 Å². The first-order chi connectivity index (χ1) is 9.28. The summed E-state index contributed by atoms with van der Waals surface area (Å²) >= 11 is 0. The number of amides is 1. The molecule has 1 aromatic rings. The lowest BCUT2D eigenvalue weighted by atomic mass is 10.1. The second kappa shape index (κ2) is 5.41. The monoisotopic (exact) mass is 301 g/mol. The predicted octanol–water partition coefficient (Wildman–Crippen LogP) is -0.546. The van der Waals surface area contributed by atoms with Crippen LogP contribution in [-0.2, 0) is 10.0 Å². The van der Waals surface area contributed by atoms with Gasteiger partial charge in [0, 0.05) is 19.1 Å². The first kappa shape index (κ1) is 14.8. The van der Waals surface area contributed by atoms with Gasteiger partial charge in [-0.25, -0.2) is 13.1 Å². The standard InChI is InChI=1S/C11H19N5O3S/c1-7-9(12)10(14-13-7)11(17)16-5-3-4-8(6-16)15-20(2,18)19/h8,15H,3-6,12H2,1-2H3,(H,13,14). The second-order valence-corrected chi connectivity index (χ2v) is 6.87. The van der Waals surface area contributed by atoms with Crippen molar-refractivity contribution in [3.63, 3.8) is 0 Å². The number of nitrogens with one attached hydrogen (secondary N) is 2. The molecule has 1 aliphatic heterocycles. The molecule has 1 aromatic heterocycles. The molecular weight excluding hydrogens is 282 g/mol. The van der Waals surface area contributed by atoms with Crippen molar-refractivity contribution in [3.05, 3.63) is 11.4 Å². The molecule has 112 valence electrons. The Morgan fingerprint density at radius 1 is 1.55 bits per heavy atom. The van der Waals surface area contributed by atoms with Crippen LogP contribution in [0.1, 0.15) is 29.0 Å². The molecule has 0 spiro atoms. The van der Waals surface area contributed by atoms with Gasteiger partial charge in [0.1, 0.15) is 0 Å². The molecule has 1 fully saturated rings. The molecule has 2 heterocycles. The summed E-state index contributed by atoms with van der Waals surface area (Å²) in [5, 5.41) is 6.58. The third kappa shape index (κ3) is 3.28. The molecule has 9 heteroatoms. The smallest absolute Gasteiger partial charge is 0.276 e. The Bertz CT molecular complexity index is 610. The topological polar surface area (TPSA) is 121 Å². The van der Waals surface area contributed by atoms with Crippen LogP contribution in [0.4, 0.5) is 5.69 Å². The largest absolute Gasteiger partial charge is 0.395 e. The van der Waals surface area contributed by atoms with E-state index in [1.807, 2.05) is 0 Å². The van der Waals surface area contributed by atoms with Crippen LogP contribution >= 0.6 is 0 Å². The Balaban J connectivity index is 2.09. The molecular formula is C11H19N5O3S. The highest BCUT2D eigenvalue weighted by molar-refractivity contribution is 7.88. The molecule has 0 radical (unpaired) electrons. The number of sulfonamides is 1. The van der Waals surface area contributed by atoms with Gasteiger partial charge in [0.25, 0.3) is 5.91 Å². The molecule has 1 unspecified atom stereocenters. The minimum Gasteiger partial charge on any atom is -0.395 e. The lowest BCUT2D eigenvalue weighted by molar-refractivity contribution is 0.0698. The number of likely N-dealkylation sites (tertiary alicyclic amines) is 1. The summed E-state index contributed by atoms with van der Waals surface area (Å²) in [5.41, 5.74) is 6.98. The number of H-pyrrole nitrogens is 1. The number of hydrogen-bond donors (Lipinski definition) is 3. The number of hydrogen-bond acceptors (Lipinski definition) is 5. The van der Waals surface area contributed by atoms with Crippen molar-refractivity contribution in [2.45, 2.75) is 25.8 Å². The quantitative estimate of drug-likeness (QED) is 0.692. The summed E-state index contributed by atoms with van der Waals surface area (Å²) in [4.78, 5) is 13.9. The van der Waals surface area contributed by atoms with Crippen molar-refractivity contribution in [3.8, 4) is 0 Å². The van der Waals surface area contributed by atoms with Gasteiger partial charge in [-0.05, 0) is 19.8 Å². The Labute approximate surface area is 117 Å². The molecule has 1 aliphatic rings. The number of aryl methyl sites for hydroxylation is 1. The number of piperidine rings is 1. The van der Waals surface area contributed by atoms with Crippen molar-refractivity contribution in [2.24, 2.45) is 0 Å². The number of carbonyl (C=O) groups is 1. The summed E-state index contributed by atoms with van der Waals surface area (Å²) < 4.78 is 25.0. The first-order valence-corrected chi connectivity index (χ1v) is 8.24. The maximum atomic E-state index is 12.3. The zero-order valence-corrected chi connectivity index (χ0v) is 12.3. The van der Waals surface area contributed by atoms with E-state index in [1.54, 1.807) is 11.8 Å². The van der Waals surface area contributed by atoms with Gasteiger partial charge >= 0.3 is 0 Å². The van der Waals surface area contributed by atoms with Crippen LogP contribution in [-0.4, -0.2) is 54.8 Å². The van der Waals surface area contributed by atoms with Crippen LogP contribution in [0.2, 0.25) is 0 Å². The van der Waals surface area contributed by atoms with E-state index < -0.39 is 10.0 Å². The zero-order chi connectivity index (χ0) is 14.9. The number of aromatic nitrogens is 2. The van der Waals surface area contributed by atoms with Gasteiger partial charge < -0.3 is 10.6 Å². The molecule has 1 saturated heterocycles. The molecule has 0 bridgehead atoms. The number of anilines is 1. The van der Waals surface area contributed by atoms with Gasteiger partial charge in [0.15, 0.2) is 5.69 Å². The molecule has 1 amide bonds. The van der Waals surface area contributed by atoms with Gasteiger partial charge in [0.05, 0.1) is 17.6 Å². The van der Waals surface area contributed by atoms with Crippen LogP contribution in [0.15, 0.2) is 0 Å². The Hall–Kier alpha value is -1.61. The van der Waals surface area contributed by atoms with Crippen LogP contribution in [0, 0.1) is 6.92 Å². The highest BCUT2D eigenvalue weighted by Gasteiger charge is 2.28. The summed E-state index contributed by atoms with van der Waals surface area (Å²) in [6.07, 6.45) is 2.57. The molecule has 4 N–H and O–H groups in total. The minimum absolute atomic E-state index is 0.197. The van der Waals surface area contributed by atoms with Crippen LogP contribution in [0.5, 0.6) is 0 Å². The SMILES string of the molecule is Cc1[nH]nc(C(=O)N2CCCC(NS(C)(=O)=O)C2)c1N. The van der Waals surface area contributed by atoms with Crippen molar-refractivity contribution in [2.75, 3.05) is 25.1 Å². The molecule has 8 nitrogen and oxygen atoms in total. The maximum absolute atomic E-state index is 12.3. The fourth-order valence-electron chi connectivity index (χ4n) is 2.31. The van der Waals surface area contributed by atoms with Crippen molar-refractivity contribution < 1.29 is 13.2 Å². The number of carbonyl (C=O) groups excluding carboxylic acids is 1. The molecule has 2 rings (SSSR count). The highest BCUT2D eigenvalue weighted by Crippen LogP contribution is 2.18. The number of nitrogens with zero attached hydrogens (tertiary/aromatic N) is 2. The van der Waals surface area contributed by atoms with E-state index in [4.69, 9.17) is 5.73 Å². The van der Waals surface area contributed by atoms with Crippen molar-refractivity contribution in [1.82, 2.24) is 19.8 Å². The average molecular weight is 301 g/mol. The highest BCUT2D eigenvalue weighted by atomic mass is 32.2. The minimum atomic E-state index is -3.28. The summed E-state index contributed by atoms with van der Waals surface area (Å²) in [6, 6.07) is -0.260. The van der Waals surface area contributed by atoms with Crippen LogP contribution in [0.3, 0.4) is 0 Å². The molecule has 1 atom stereocenters. The number of rotatable bonds is 3. The van der Waals surface area contributed by atoms with Gasteiger partial charge in [-0.3, -0.25) is 9.89 Å². The van der Waals surface area contributed by atoms with Crippen molar-refractivity contribution >= 4 is 21.6 Å². The fourth-order valence-corrected chi connectivity index (χ4v) is 3.11. The number of aromatic amines is 1.